The lowest BCUT2D eigenvalue weighted by molar-refractivity contribution is 0.520. The maximum absolute atomic E-state index is 5.92. The Morgan fingerprint density at radius 3 is 2.88 bits per heavy atom. The molecular formula is C11H11Cl2N3O. The molecule has 0 saturated heterocycles. The predicted molar refractivity (Wildman–Crippen MR) is 67.3 cm³/mol. The zero-order valence-electron chi connectivity index (χ0n) is 9.15. The molecule has 0 fully saturated rings. The van der Waals surface area contributed by atoms with Gasteiger partial charge in [-0.05, 0) is 24.6 Å². The summed E-state index contributed by atoms with van der Waals surface area (Å²) in [6.45, 7) is 1.98. The molecule has 1 aromatic heterocycles. The van der Waals surface area contributed by atoms with Crippen molar-refractivity contribution in [2.45, 2.75) is 18.8 Å². The highest BCUT2D eigenvalue weighted by Crippen LogP contribution is 2.21. The second kappa shape index (κ2) is 5.38. The first-order valence-electron chi connectivity index (χ1n) is 5.09. The molecule has 0 aliphatic carbocycles. The molecule has 4 nitrogen and oxygen atoms in total. The fourth-order valence-corrected chi connectivity index (χ4v) is 1.72. The molecule has 17 heavy (non-hydrogen) atoms. The summed E-state index contributed by atoms with van der Waals surface area (Å²) in [5, 5.41) is 11.4. The van der Waals surface area contributed by atoms with Gasteiger partial charge in [0.2, 0.25) is 5.89 Å². The third-order valence-electron chi connectivity index (χ3n) is 2.27. The van der Waals surface area contributed by atoms with Crippen molar-refractivity contribution in [3.05, 3.63) is 40.7 Å². The van der Waals surface area contributed by atoms with Crippen LogP contribution in [0.1, 0.15) is 24.4 Å². The summed E-state index contributed by atoms with van der Waals surface area (Å²) in [6, 6.07) is 7.97. The van der Waals surface area contributed by atoms with Gasteiger partial charge in [0, 0.05) is 5.02 Å². The Bertz CT molecular complexity index is 501. The van der Waals surface area contributed by atoms with E-state index < -0.39 is 0 Å². The van der Waals surface area contributed by atoms with Gasteiger partial charge in [-0.1, -0.05) is 28.8 Å². The number of rotatable bonds is 4. The van der Waals surface area contributed by atoms with E-state index in [1.165, 1.54) is 0 Å². The van der Waals surface area contributed by atoms with Crippen LogP contribution in [0.4, 0.5) is 6.01 Å². The number of halogens is 2. The fraction of sp³-hybridized carbons (Fsp3) is 0.273. The first-order valence-corrected chi connectivity index (χ1v) is 6.00. The van der Waals surface area contributed by atoms with E-state index in [-0.39, 0.29) is 11.9 Å². The molecule has 1 aromatic carbocycles. The van der Waals surface area contributed by atoms with E-state index >= 15 is 0 Å². The molecule has 0 bridgehead atoms. The molecule has 0 amide bonds. The maximum atomic E-state index is 5.92. The van der Waals surface area contributed by atoms with Crippen molar-refractivity contribution in [3.8, 4) is 0 Å². The summed E-state index contributed by atoms with van der Waals surface area (Å²) >= 11 is 11.5. The van der Waals surface area contributed by atoms with Crippen molar-refractivity contribution < 1.29 is 4.42 Å². The summed E-state index contributed by atoms with van der Waals surface area (Å²) in [7, 11) is 0. The zero-order valence-corrected chi connectivity index (χ0v) is 10.7. The van der Waals surface area contributed by atoms with E-state index in [0.29, 0.717) is 16.9 Å². The van der Waals surface area contributed by atoms with Crippen molar-refractivity contribution in [2.24, 2.45) is 0 Å². The summed E-state index contributed by atoms with van der Waals surface area (Å²) in [6.07, 6.45) is 0. The van der Waals surface area contributed by atoms with Gasteiger partial charge < -0.3 is 9.73 Å². The molecule has 1 unspecified atom stereocenters. The van der Waals surface area contributed by atoms with Gasteiger partial charge >= 0.3 is 6.01 Å². The van der Waals surface area contributed by atoms with Crippen LogP contribution in [0, 0.1) is 0 Å². The van der Waals surface area contributed by atoms with E-state index in [4.69, 9.17) is 27.6 Å². The molecular weight excluding hydrogens is 261 g/mol. The number of hydrogen-bond acceptors (Lipinski definition) is 4. The number of alkyl halides is 1. The number of anilines is 1. The summed E-state index contributed by atoms with van der Waals surface area (Å²) in [4.78, 5) is 0. The third kappa shape index (κ3) is 3.11. The normalized spacial score (nSPS) is 12.4. The average molecular weight is 272 g/mol. The zero-order chi connectivity index (χ0) is 12.3. The van der Waals surface area contributed by atoms with Gasteiger partial charge in [0.1, 0.15) is 5.88 Å². The lowest BCUT2D eigenvalue weighted by Crippen LogP contribution is -2.06. The molecule has 0 radical (unpaired) electrons. The van der Waals surface area contributed by atoms with Crippen LogP contribution in [-0.2, 0) is 5.88 Å². The van der Waals surface area contributed by atoms with Crippen LogP contribution < -0.4 is 5.32 Å². The van der Waals surface area contributed by atoms with Crippen LogP contribution in [0.25, 0.3) is 0 Å². The van der Waals surface area contributed by atoms with Gasteiger partial charge in [0.05, 0.1) is 6.04 Å². The van der Waals surface area contributed by atoms with Crippen molar-refractivity contribution in [2.75, 3.05) is 5.32 Å². The topological polar surface area (TPSA) is 51.0 Å². The number of nitrogens with zero attached hydrogens (tertiary/aromatic N) is 2. The van der Waals surface area contributed by atoms with Crippen LogP contribution in [0.2, 0.25) is 5.02 Å². The molecule has 6 heteroatoms. The number of benzene rings is 1. The number of hydrogen-bond donors (Lipinski definition) is 1. The SMILES string of the molecule is CC(Nc1nnc(CCl)o1)c1cccc(Cl)c1. The first-order chi connectivity index (χ1) is 8.19. The quantitative estimate of drug-likeness (QED) is 0.863. The highest BCUT2D eigenvalue weighted by molar-refractivity contribution is 6.30. The van der Waals surface area contributed by atoms with Crippen LogP contribution >= 0.6 is 23.2 Å². The maximum Gasteiger partial charge on any atom is 0.315 e. The van der Waals surface area contributed by atoms with Gasteiger partial charge in [-0.3, -0.25) is 0 Å². The molecule has 1 atom stereocenters. The molecule has 2 rings (SSSR count). The first kappa shape index (κ1) is 12.2. The minimum atomic E-state index is 0.0253. The number of nitrogens with one attached hydrogen (secondary N) is 1. The van der Waals surface area contributed by atoms with E-state index in [1.807, 2.05) is 31.2 Å². The van der Waals surface area contributed by atoms with Gasteiger partial charge in [-0.25, -0.2) is 0 Å². The highest BCUT2D eigenvalue weighted by atomic mass is 35.5. The van der Waals surface area contributed by atoms with E-state index in [0.717, 1.165) is 5.56 Å². The van der Waals surface area contributed by atoms with E-state index in [1.54, 1.807) is 0 Å². The average Bonchev–Trinajstić information content (AvgIpc) is 2.77. The van der Waals surface area contributed by atoms with Crippen molar-refractivity contribution in [1.29, 1.82) is 0 Å². The van der Waals surface area contributed by atoms with Gasteiger partial charge in [0.15, 0.2) is 0 Å². The third-order valence-corrected chi connectivity index (χ3v) is 2.73. The van der Waals surface area contributed by atoms with Crippen LogP contribution in [0.5, 0.6) is 0 Å². The molecule has 2 aromatic rings. The lowest BCUT2D eigenvalue weighted by atomic mass is 10.1. The Labute approximate surface area is 109 Å². The minimum Gasteiger partial charge on any atom is -0.407 e. The Morgan fingerprint density at radius 2 is 2.24 bits per heavy atom. The van der Waals surface area contributed by atoms with Gasteiger partial charge in [0.25, 0.3) is 0 Å². The van der Waals surface area contributed by atoms with Gasteiger partial charge in [-0.15, -0.1) is 16.7 Å². The van der Waals surface area contributed by atoms with Crippen LogP contribution in [-0.4, -0.2) is 10.2 Å². The second-order valence-electron chi connectivity index (χ2n) is 3.56. The molecule has 0 spiro atoms. The molecule has 0 aliphatic rings. The summed E-state index contributed by atoms with van der Waals surface area (Å²) in [5.41, 5.74) is 1.04. The summed E-state index contributed by atoms with van der Waals surface area (Å²) in [5.74, 6) is 0.604. The molecule has 1 heterocycles. The van der Waals surface area contributed by atoms with Crippen molar-refractivity contribution >= 4 is 29.2 Å². The van der Waals surface area contributed by atoms with Crippen molar-refractivity contribution in [3.63, 3.8) is 0 Å². The molecule has 90 valence electrons. The Hall–Kier alpha value is -1.26. The van der Waals surface area contributed by atoms with E-state index in [2.05, 4.69) is 15.5 Å². The van der Waals surface area contributed by atoms with Crippen molar-refractivity contribution in [1.82, 2.24) is 10.2 Å². The van der Waals surface area contributed by atoms with Crippen LogP contribution in [0.3, 0.4) is 0 Å². The minimum absolute atomic E-state index is 0.0253. The highest BCUT2D eigenvalue weighted by Gasteiger charge is 2.10. The monoisotopic (exact) mass is 271 g/mol. The summed E-state index contributed by atoms with van der Waals surface area (Å²) < 4.78 is 5.26. The molecule has 0 aliphatic heterocycles. The second-order valence-corrected chi connectivity index (χ2v) is 4.26. The molecule has 0 saturated carbocycles. The number of aromatic nitrogens is 2. The molecule has 1 N–H and O–H groups in total. The Balaban J connectivity index is 2.08. The van der Waals surface area contributed by atoms with Crippen LogP contribution in [0.15, 0.2) is 28.7 Å². The lowest BCUT2D eigenvalue weighted by Gasteiger charge is -2.12. The predicted octanol–water partition coefficient (Wildman–Crippen LogP) is 3.63. The Kier molecular flexibility index (Phi) is 3.86. The Morgan fingerprint density at radius 1 is 1.41 bits per heavy atom. The van der Waals surface area contributed by atoms with E-state index in [9.17, 15) is 0 Å². The fourth-order valence-electron chi connectivity index (χ4n) is 1.41. The smallest absolute Gasteiger partial charge is 0.315 e. The largest absolute Gasteiger partial charge is 0.407 e. The van der Waals surface area contributed by atoms with Gasteiger partial charge in [-0.2, -0.15) is 0 Å². The standard InChI is InChI=1S/C11H11Cl2N3O/c1-7(8-3-2-4-9(13)5-8)14-11-16-15-10(6-12)17-11/h2-5,7H,6H2,1H3,(H,14,16).